The fraction of sp³-hybridized carbons (Fsp3) is 0.833. The molecule has 0 bridgehead atoms. The summed E-state index contributed by atoms with van der Waals surface area (Å²) in [4.78, 5) is 12.7. The van der Waals surface area contributed by atoms with Crippen molar-refractivity contribution in [3.63, 3.8) is 0 Å². The standard InChI is InChI=1S/C6H11N3O2S/c7-9-8-3-1-2-4-12-5-6(10)11/h1-5H2,(H,10,11). The molecule has 12 heavy (non-hydrogen) atoms. The first-order valence-electron chi connectivity index (χ1n) is 3.57. The molecule has 0 saturated heterocycles. The molecule has 68 valence electrons. The first-order chi connectivity index (χ1) is 5.77. The Kier molecular flexibility index (Phi) is 7.63. The van der Waals surface area contributed by atoms with Crippen molar-refractivity contribution in [2.45, 2.75) is 12.8 Å². The second-order valence-electron chi connectivity index (χ2n) is 2.11. The van der Waals surface area contributed by atoms with Gasteiger partial charge in [0.1, 0.15) is 0 Å². The van der Waals surface area contributed by atoms with Gasteiger partial charge in [-0.15, -0.1) is 0 Å². The maximum atomic E-state index is 10.0. The van der Waals surface area contributed by atoms with Crippen LogP contribution in [0.15, 0.2) is 5.11 Å². The van der Waals surface area contributed by atoms with E-state index in [-0.39, 0.29) is 5.75 Å². The van der Waals surface area contributed by atoms with E-state index in [1.165, 1.54) is 11.8 Å². The van der Waals surface area contributed by atoms with Crippen molar-refractivity contribution in [2.75, 3.05) is 18.1 Å². The van der Waals surface area contributed by atoms with Gasteiger partial charge >= 0.3 is 5.97 Å². The summed E-state index contributed by atoms with van der Waals surface area (Å²) in [7, 11) is 0. The Bertz CT molecular complexity index is 174. The molecule has 0 aromatic rings. The summed E-state index contributed by atoms with van der Waals surface area (Å²) in [5, 5.41) is 11.6. The van der Waals surface area contributed by atoms with Crippen molar-refractivity contribution in [3.8, 4) is 0 Å². The summed E-state index contributed by atoms with van der Waals surface area (Å²) in [5.74, 6) is 0.185. The summed E-state index contributed by atoms with van der Waals surface area (Å²) in [6.07, 6.45) is 1.73. The number of rotatable bonds is 7. The van der Waals surface area contributed by atoms with Gasteiger partial charge in [0.05, 0.1) is 5.75 Å². The van der Waals surface area contributed by atoms with Crippen LogP contribution < -0.4 is 0 Å². The highest BCUT2D eigenvalue weighted by atomic mass is 32.2. The molecule has 1 N–H and O–H groups in total. The number of aliphatic carboxylic acids is 1. The maximum Gasteiger partial charge on any atom is 0.313 e. The Morgan fingerprint density at radius 2 is 2.33 bits per heavy atom. The summed E-state index contributed by atoms with van der Waals surface area (Å²) >= 11 is 1.39. The Labute approximate surface area is 74.8 Å². The zero-order chi connectivity index (χ0) is 9.23. The van der Waals surface area contributed by atoms with Gasteiger partial charge < -0.3 is 5.11 Å². The molecule has 0 radical (unpaired) electrons. The Morgan fingerprint density at radius 3 is 2.92 bits per heavy atom. The van der Waals surface area contributed by atoms with Crippen LogP contribution in [0.1, 0.15) is 12.8 Å². The Morgan fingerprint density at radius 1 is 1.58 bits per heavy atom. The zero-order valence-electron chi connectivity index (χ0n) is 6.64. The molecule has 0 aliphatic heterocycles. The number of hydrogen-bond acceptors (Lipinski definition) is 3. The first-order valence-corrected chi connectivity index (χ1v) is 4.73. The highest BCUT2D eigenvalue weighted by Gasteiger charge is 1.95. The Balaban J connectivity index is 3.00. The fourth-order valence-electron chi connectivity index (χ4n) is 0.591. The second kappa shape index (κ2) is 8.23. The molecule has 0 aromatic carbocycles. The van der Waals surface area contributed by atoms with E-state index in [9.17, 15) is 4.79 Å². The lowest BCUT2D eigenvalue weighted by molar-refractivity contribution is -0.133. The number of carboxylic acid groups (broad SMARTS) is 1. The predicted octanol–water partition coefficient (Wildman–Crippen LogP) is 1.89. The van der Waals surface area contributed by atoms with Gasteiger partial charge in [-0.05, 0) is 24.1 Å². The van der Waals surface area contributed by atoms with Crippen LogP contribution in [0.4, 0.5) is 0 Å². The maximum absolute atomic E-state index is 10.0. The monoisotopic (exact) mass is 189 g/mol. The number of carbonyl (C=O) groups is 1. The van der Waals surface area contributed by atoms with Crippen LogP contribution in [0, 0.1) is 0 Å². The topological polar surface area (TPSA) is 86.1 Å². The van der Waals surface area contributed by atoms with Crippen LogP contribution in [0.25, 0.3) is 10.4 Å². The van der Waals surface area contributed by atoms with Gasteiger partial charge in [-0.1, -0.05) is 5.11 Å². The minimum atomic E-state index is -0.782. The number of azide groups is 1. The van der Waals surface area contributed by atoms with Gasteiger partial charge in [-0.3, -0.25) is 4.79 Å². The minimum Gasteiger partial charge on any atom is -0.481 e. The average molecular weight is 189 g/mol. The van der Waals surface area contributed by atoms with Crippen LogP contribution in [-0.2, 0) is 4.79 Å². The van der Waals surface area contributed by atoms with E-state index in [4.69, 9.17) is 10.6 Å². The largest absolute Gasteiger partial charge is 0.481 e. The van der Waals surface area contributed by atoms with E-state index >= 15 is 0 Å². The molecule has 0 saturated carbocycles. The number of thioether (sulfide) groups is 1. The summed E-state index contributed by atoms with van der Waals surface area (Å²) in [6.45, 7) is 0.504. The molecule has 0 fully saturated rings. The molecule has 0 atom stereocenters. The normalized spacial score (nSPS) is 9.00. The quantitative estimate of drug-likeness (QED) is 0.287. The van der Waals surface area contributed by atoms with Crippen LogP contribution in [0.3, 0.4) is 0 Å². The third-order valence-electron chi connectivity index (χ3n) is 1.09. The van der Waals surface area contributed by atoms with Gasteiger partial charge in [0.2, 0.25) is 0 Å². The summed E-state index contributed by atoms with van der Waals surface area (Å²) < 4.78 is 0. The van der Waals surface area contributed by atoms with Gasteiger partial charge in [-0.2, -0.15) is 11.8 Å². The lowest BCUT2D eigenvalue weighted by atomic mass is 10.3. The van der Waals surface area contributed by atoms with Crippen molar-refractivity contribution in [1.29, 1.82) is 0 Å². The zero-order valence-corrected chi connectivity index (χ0v) is 7.46. The van der Waals surface area contributed by atoms with E-state index in [1.54, 1.807) is 0 Å². The van der Waals surface area contributed by atoms with Gasteiger partial charge in [0, 0.05) is 11.5 Å². The molecular weight excluding hydrogens is 178 g/mol. The van der Waals surface area contributed by atoms with E-state index < -0.39 is 5.97 Å². The van der Waals surface area contributed by atoms with Crippen molar-refractivity contribution < 1.29 is 9.90 Å². The second-order valence-corrected chi connectivity index (χ2v) is 3.21. The molecule has 0 spiro atoms. The van der Waals surface area contributed by atoms with Crippen molar-refractivity contribution in [2.24, 2.45) is 5.11 Å². The number of nitrogens with zero attached hydrogens (tertiary/aromatic N) is 3. The SMILES string of the molecule is [N-]=[N+]=NCCCCSCC(=O)O. The molecule has 5 nitrogen and oxygen atoms in total. The fourth-order valence-corrected chi connectivity index (χ4v) is 1.32. The van der Waals surface area contributed by atoms with E-state index in [0.29, 0.717) is 6.54 Å². The van der Waals surface area contributed by atoms with E-state index in [1.807, 2.05) is 0 Å². The van der Waals surface area contributed by atoms with Crippen LogP contribution in [0.2, 0.25) is 0 Å². The van der Waals surface area contributed by atoms with Crippen LogP contribution in [0.5, 0.6) is 0 Å². The smallest absolute Gasteiger partial charge is 0.313 e. The molecule has 0 unspecified atom stereocenters. The van der Waals surface area contributed by atoms with Gasteiger partial charge in [-0.25, -0.2) is 0 Å². The van der Waals surface area contributed by atoms with Crippen molar-refractivity contribution in [1.82, 2.24) is 0 Å². The predicted molar refractivity (Wildman–Crippen MR) is 48.2 cm³/mol. The number of hydrogen-bond donors (Lipinski definition) is 1. The molecule has 0 amide bonds. The first kappa shape index (κ1) is 11.1. The average Bonchev–Trinajstić information content (AvgIpc) is 2.02. The van der Waals surface area contributed by atoms with Gasteiger partial charge in [0.15, 0.2) is 0 Å². The Hall–Kier alpha value is -0.870. The number of unbranched alkanes of at least 4 members (excludes halogenated alkanes) is 1. The third kappa shape index (κ3) is 9.13. The molecule has 0 heterocycles. The molecule has 0 aliphatic carbocycles. The summed E-state index contributed by atoms with van der Waals surface area (Å²) in [6, 6.07) is 0. The van der Waals surface area contributed by atoms with Crippen LogP contribution >= 0.6 is 11.8 Å². The number of carboxylic acids is 1. The van der Waals surface area contributed by atoms with E-state index in [0.717, 1.165) is 18.6 Å². The van der Waals surface area contributed by atoms with E-state index in [2.05, 4.69) is 10.0 Å². The molecule has 0 aliphatic rings. The molecule has 0 aromatic heterocycles. The highest BCUT2D eigenvalue weighted by Crippen LogP contribution is 2.03. The lowest BCUT2D eigenvalue weighted by Gasteiger charge is -1.95. The van der Waals surface area contributed by atoms with Crippen molar-refractivity contribution >= 4 is 17.7 Å². The molecular formula is C6H11N3O2S. The van der Waals surface area contributed by atoms with Gasteiger partial charge in [0.25, 0.3) is 0 Å². The lowest BCUT2D eigenvalue weighted by Crippen LogP contribution is -1.98. The van der Waals surface area contributed by atoms with Crippen LogP contribution in [-0.4, -0.2) is 29.1 Å². The minimum absolute atomic E-state index is 0.154. The summed E-state index contributed by atoms with van der Waals surface area (Å²) in [5.41, 5.74) is 7.92. The molecule has 6 heteroatoms. The van der Waals surface area contributed by atoms with Crippen molar-refractivity contribution in [3.05, 3.63) is 10.4 Å². The molecule has 0 rings (SSSR count). The highest BCUT2D eigenvalue weighted by molar-refractivity contribution is 7.99. The third-order valence-corrected chi connectivity index (χ3v) is 2.11.